The lowest BCUT2D eigenvalue weighted by molar-refractivity contribution is -0.138. The highest BCUT2D eigenvalue weighted by Crippen LogP contribution is 2.09. The van der Waals surface area contributed by atoms with E-state index in [-0.39, 0.29) is 17.8 Å². The molecule has 0 unspecified atom stereocenters. The molecule has 0 bridgehead atoms. The molecule has 0 aliphatic heterocycles. The van der Waals surface area contributed by atoms with Crippen LogP contribution in [-0.4, -0.2) is 37.2 Å². The number of hydrogen-bond acceptors (Lipinski definition) is 5. The molecule has 0 radical (unpaired) electrons. The number of nitrogens with two attached hydrogens (primary N) is 1. The van der Waals surface area contributed by atoms with Crippen molar-refractivity contribution in [3.05, 3.63) is 29.8 Å². The molecule has 8 nitrogen and oxygen atoms in total. The van der Waals surface area contributed by atoms with Gasteiger partial charge in [-0.1, -0.05) is 12.1 Å². The van der Waals surface area contributed by atoms with Crippen molar-refractivity contribution in [1.29, 1.82) is 0 Å². The van der Waals surface area contributed by atoms with Gasteiger partial charge in [0, 0.05) is 18.8 Å². The Morgan fingerprint density at radius 3 is 2.48 bits per heavy atom. The predicted octanol–water partition coefficient (Wildman–Crippen LogP) is -1.22. The van der Waals surface area contributed by atoms with Crippen molar-refractivity contribution >= 4 is 29.8 Å². The molecule has 0 aliphatic carbocycles. The van der Waals surface area contributed by atoms with E-state index >= 15 is 0 Å². The summed E-state index contributed by atoms with van der Waals surface area (Å²) in [6, 6.07) is 6.20. The van der Waals surface area contributed by atoms with E-state index < -0.39 is 17.7 Å². The molecular weight excluding hydrogens is 276 g/mol. The van der Waals surface area contributed by atoms with Crippen LogP contribution in [-0.2, 0) is 14.4 Å². The van der Waals surface area contributed by atoms with Crippen molar-refractivity contribution in [2.24, 2.45) is 0 Å². The number of rotatable bonds is 6. The summed E-state index contributed by atoms with van der Waals surface area (Å²) in [7, 11) is 0. The number of carbonyl (C=O) groups excluding carboxylic acids is 4. The second-order valence-corrected chi connectivity index (χ2v) is 4.05. The monoisotopic (exact) mass is 292 g/mol. The van der Waals surface area contributed by atoms with Crippen molar-refractivity contribution in [3.63, 3.8) is 0 Å². The Bertz CT molecular complexity index is 545. The second-order valence-electron chi connectivity index (χ2n) is 4.05. The Balaban J connectivity index is 2.42. The fraction of sp³-hybridized carbons (Fsp3) is 0.231. The van der Waals surface area contributed by atoms with Crippen LogP contribution in [0.4, 0.5) is 5.69 Å². The molecule has 0 fully saturated rings. The number of hydrogen-bond donors (Lipinski definition) is 4. The van der Waals surface area contributed by atoms with E-state index in [1.807, 2.05) is 5.32 Å². The number of nitrogens with one attached hydrogen (secondary N) is 3. The van der Waals surface area contributed by atoms with Gasteiger partial charge in [0.2, 0.25) is 6.41 Å². The number of amides is 4. The molecule has 0 saturated carbocycles. The first-order valence-corrected chi connectivity index (χ1v) is 6.21. The summed E-state index contributed by atoms with van der Waals surface area (Å²) in [5.74, 6) is -2.73. The number of anilines is 1. The quantitative estimate of drug-likeness (QED) is 0.226. The number of para-hydroxylation sites is 1. The number of nitrogen functional groups attached to an aromatic ring is 1. The molecular formula is C13H16N4O4. The minimum absolute atomic E-state index is 0.119. The maximum Gasteiger partial charge on any atom is 0.316 e. The molecule has 0 saturated heterocycles. The zero-order chi connectivity index (χ0) is 15.7. The van der Waals surface area contributed by atoms with Gasteiger partial charge in [-0.15, -0.1) is 0 Å². The third kappa shape index (κ3) is 5.31. The van der Waals surface area contributed by atoms with E-state index in [4.69, 9.17) is 5.73 Å². The van der Waals surface area contributed by atoms with Crippen LogP contribution >= 0.6 is 0 Å². The maximum absolute atomic E-state index is 11.8. The fourth-order valence-electron chi connectivity index (χ4n) is 1.46. The van der Waals surface area contributed by atoms with E-state index in [0.29, 0.717) is 19.4 Å². The first-order valence-electron chi connectivity index (χ1n) is 6.21. The van der Waals surface area contributed by atoms with Crippen LogP contribution in [0, 0.1) is 0 Å². The first kappa shape index (κ1) is 16.2. The smallest absolute Gasteiger partial charge is 0.316 e. The minimum Gasteiger partial charge on any atom is -0.398 e. The zero-order valence-electron chi connectivity index (χ0n) is 11.2. The third-order valence-electron chi connectivity index (χ3n) is 2.51. The molecule has 5 N–H and O–H groups in total. The van der Waals surface area contributed by atoms with Crippen molar-refractivity contribution < 1.29 is 19.2 Å². The topological polar surface area (TPSA) is 130 Å². The lowest BCUT2D eigenvalue weighted by Gasteiger charge is -2.07. The predicted molar refractivity (Wildman–Crippen MR) is 75.0 cm³/mol. The summed E-state index contributed by atoms with van der Waals surface area (Å²) in [5.41, 5.74) is 5.92. The van der Waals surface area contributed by atoms with Crippen molar-refractivity contribution in [1.82, 2.24) is 16.0 Å². The molecule has 8 heteroatoms. The van der Waals surface area contributed by atoms with Gasteiger partial charge in [-0.05, 0) is 18.6 Å². The molecule has 1 aromatic rings. The van der Waals surface area contributed by atoms with Gasteiger partial charge in [-0.2, -0.15) is 0 Å². The van der Waals surface area contributed by atoms with Crippen LogP contribution in [0.5, 0.6) is 0 Å². The molecule has 1 aromatic carbocycles. The maximum atomic E-state index is 11.8. The molecule has 0 aromatic heterocycles. The van der Waals surface area contributed by atoms with E-state index in [2.05, 4.69) is 10.6 Å². The Morgan fingerprint density at radius 1 is 1.10 bits per heavy atom. The molecule has 0 heterocycles. The Morgan fingerprint density at radius 2 is 1.81 bits per heavy atom. The standard InChI is InChI=1S/C13H16N4O4/c14-10-5-2-1-4-9(10)11(19)17-13(21)12(20)16-7-3-6-15-8-18/h1-2,4-5,8H,3,6-7,14H2,(H,15,18)(H,16,20)(H,17,19,21). The van der Waals surface area contributed by atoms with Gasteiger partial charge in [0.1, 0.15) is 0 Å². The fourth-order valence-corrected chi connectivity index (χ4v) is 1.46. The van der Waals surface area contributed by atoms with Crippen molar-refractivity contribution in [2.45, 2.75) is 6.42 Å². The van der Waals surface area contributed by atoms with Crippen molar-refractivity contribution in [2.75, 3.05) is 18.8 Å². The molecule has 0 atom stereocenters. The van der Waals surface area contributed by atoms with E-state index in [0.717, 1.165) is 0 Å². The van der Waals surface area contributed by atoms with Gasteiger partial charge in [0.15, 0.2) is 0 Å². The highest BCUT2D eigenvalue weighted by molar-refractivity contribution is 6.38. The molecule has 112 valence electrons. The summed E-state index contributed by atoms with van der Waals surface area (Å²) in [6.45, 7) is 0.583. The van der Waals surface area contributed by atoms with Gasteiger partial charge < -0.3 is 16.4 Å². The molecule has 21 heavy (non-hydrogen) atoms. The zero-order valence-corrected chi connectivity index (χ0v) is 11.2. The number of benzene rings is 1. The lowest BCUT2D eigenvalue weighted by Crippen LogP contribution is -2.43. The SMILES string of the molecule is Nc1ccccc1C(=O)NC(=O)C(=O)NCCCNC=O. The van der Waals surface area contributed by atoms with E-state index in [9.17, 15) is 19.2 Å². The summed E-state index contributed by atoms with van der Waals surface area (Å²) in [6.07, 6.45) is 1.01. The van der Waals surface area contributed by atoms with Crippen LogP contribution < -0.4 is 21.7 Å². The molecule has 4 amide bonds. The average molecular weight is 292 g/mol. The van der Waals surface area contributed by atoms with Crippen LogP contribution in [0.3, 0.4) is 0 Å². The first-order chi connectivity index (χ1) is 10.1. The van der Waals surface area contributed by atoms with E-state index in [1.54, 1.807) is 12.1 Å². The lowest BCUT2D eigenvalue weighted by atomic mass is 10.1. The Labute approximate surface area is 121 Å². The van der Waals surface area contributed by atoms with Gasteiger partial charge in [-0.3, -0.25) is 24.5 Å². The van der Waals surface area contributed by atoms with Gasteiger partial charge in [0.25, 0.3) is 5.91 Å². The van der Waals surface area contributed by atoms with Gasteiger partial charge in [-0.25, -0.2) is 0 Å². The summed E-state index contributed by atoms with van der Waals surface area (Å²) < 4.78 is 0. The van der Waals surface area contributed by atoms with Crippen LogP contribution in [0.25, 0.3) is 0 Å². The highest BCUT2D eigenvalue weighted by atomic mass is 16.2. The summed E-state index contributed by atoms with van der Waals surface area (Å²) in [5, 5.41) is 6.68. The Hall–Kier alpha value is -2.90. The average Bonchev–Trinajstić information content (AvgIpc) is 2.47. The van der Waals surface area contributed by atoms with Crippen LogP contribution in [0.2, 0.25) is 0 Å². The normalized spacial score (nSPS) is 9.52. The molecule has 0 spiro atoms. The summed E-state index contributed by atoms with van der Waals surface area (Å²) >= 11 is 0. The number of imide groups is 1. The van der Waals surface area contributed by atoms with Gasteiger partial charge in [0.05, 0.1) is 5.56 Å². The number of carbonyl (C=O) groups is 4. The molecule has 0 aliphatic rings. The third-order valence-corrected chi connectivity index (χ3v) is 2.51. The Kier molecular flexibility index (Phi) is 6.39. The van der Waals surface area contributed by atoms with Crippen LogP contribution in [0.15, 0.2) is 24.3 Å². The molecule has 1 rings (SSSR count). The summed E-state index contributed by atoms with van der Waals surface area (Å²) in [4.78, 5) is 44.7. The van der Waals surface area contributed by atoms with Crippen LogP contribution in [0.1, 0.15) is 16.8 Å². The van der Waals surface area contributed by atoms with E-state index in [1.165, 1.54) is 12.1 Å². The minimum atomic E-state index is -1.06. The van der Waals surface area contributed by atoms with Crippen molar-refractivity contribution in [3.8, 4) is 0 Å². The van der Waals surface area contributed by atoms with Gasteiger partial charge >= 0.3 is 11.8 Å². The highest BCUT2D eigenvalue weighted by Gasteiger charge is 2.18. The largest absolute Gasteiger partial charge is 0.398 e. The second kappa shape index (κ2) is 8.31.